The lowest BCUT2D eigenvalue weighted by Gasteiger charge is -2.09. The summed E-state index contributed by atoms with van der Waals surface area (Å²) >= 11 is 0. The predicted molar refractivity (Wildman–Crippen MR) is 325 cm³/mol. The van der Waals surface area contributed by atoms with E-state index in [1.54, 1.807) is 47.4 Å². The quantitative estimate of drug-likeness (QED) is 0.0627. The van der Waals surface area contributed by atoms with Gasteiger partial charge in [0.1, 0.15) is 18.6 Å². The predicted octanol–water partition coefficient (Wildman–Crippen LogP) is 10.8. The summed E-state index contributed by atoms with van der Waals surface area (Å²) in [5.41, 5.74) is 18.0. The first-order valence-electron chi connectivity index (χ1n) is 28.4. The number of aromatic amines is 1. The Kier molecular flexibility index (Phi) is 18.4. The molecule has 4 aromatic carbocycles. The number of amides is 1. The maximum atomic E-state index is 12.4. The van der Waals surface area contributed by atoms with Gasteiger partial charge in [-0.2, -0.15) is 20.4 Å². The molecule has 0 aliphatic heterocycles. The number of carbonyl (C=O) groups excluding carboxylic acids is 1. The van der Waals surface area contributed by atoms with Crippen LogP contribution in [-0.2, 0) is 51.4 Å². The van der Waals surface area contributed by atoms with E-state index in [2.05, 4.69) is 114 Å². The summed E-state index contributed by atoms with van der Waals surface area (Å²) in [6.07, 6.45) is 22.7. The Morgan fingerprint density at radius 1 is 0.533 bits per heavy atom. The number of carbonyl (C=O) groups is 2. The highest BCUT2D eigenvalue weighted by molar-refractivity contribution is 6.03. The van der Waals surface area contributed by atoms with Crippen molar-refractivity contribution in [1.82, 2.24) is 49.9 Å². The molecule has 26 heteroatoms. The number of nitrogens with two attached hydrogens (primary N) is 1. The number of nitro groups is 2. The van der Waals surface area contributed by atoms with Gasteiger partial charge in [-0.3, -0.25) is 44.2 Å². The number of hydrogen-bond acceptors (Lipinski definition) is 18. The summed E-state index contributed by atoms with van der Waals surface area (Å²) < 4.78 is 25.7. The molecule has 4 aliphatic carbocycles. The molecule has 26 nitrogen and oxygen atoms in total. The van der Waals surface area contributed by atoms with Gasteiger partial charge in [0.15, 0.2) is 22.9 Å². The minimum Gasteiger partial charge on any atom is -0.476 e. The molecular formula is C64H58N14O12. The maximum Gasteiger partial charge on any atom is 0.358 e. The number of hydrogen-bond donors (Lipinski definition) is 5. The van der Waals surface area contributed by atoms with Crippen molar-refractivity contribution in [1.29, 1.82) is 0 Å². The third kappa shape index (κ3) is 14.9. The number of nitrogens with one attached hydrogen (secondary N) is 2. The van der Waals surface area contributed by atoms with Gasteiger partial charge in [0.2, 0.25) is 11.5 Å². The summed E-state index contributed by atoms with van der Waals surface area (Å²) in [5, 5.41) is 66.6. The van der Waals surface area contributed by atoms with E-state index in [0.29, 0.717) is 34.8 Å². The summed E-state index contributed by atoms with van der Waals surface area (Å²) in [7, 11) is 0. The van der Waals surface area contributed by atoms with Gasteiger partial charge in [-0.15, -0.1) is 0 Å². The zero-order valence-corrected chi connectivity index (χ0v) is 47.9. The zero-order chi connectivity index (χ0) is 62.5. The Hall–Kier alpha value is -11.8. The van der Waals surface area contributed by atoms with Gasteiger partial charge in [0.05, 0.1) is 76.6 Å². The number of carboxylic acids is 1. The highest BCUT2D eigenvalue weighted by Crippen LogP contribution is 2.33. The van der Waals surface area contributed by atoms with Crippen LogP contribution in [0.3, 0.4) is 0 Å². The second-order valence-electron chi connectivity index (χ2n) is 21.3. The van der Waals surface area contributed by atoms with Gasteiger partial charge in [-0.05, 0) is 120 Å². The fourth-order valence-corrected chi connectivity index (χ4v) is 10.8. The third-order valence-electron chi connectivity index (χ3n) is 15.2. The smallest absolute Gasteiger partial charge is 0.358 e. The van der Waals surface area contributed by atoms with Gasteiger partial charge in [0.25, 0.3) is 5.91 Å². The van der Waals surface area contributed by atoms with Crippen molar-refractivity contribution in [2.75, 3.05) is 11.1 Å². The fourth-order valence-electron chi connectivity index (χ4n) is 10.8. The number of aliphatic hydroxyl groups excluding tert-OH is 1. The van der Waals surface area contributed by atoms with Crippen molar-refractivity contribution in [2.24, 2.45) is 0 Å². The average Bonchev–Trinajstić information content (AvgIpc) is 4.05. The van der Waals surface area contributed by atoms with Crippen LogP contribution in [0.15, 0.2) is 213 Å². The van der Waals surface area contributed by atoms with Crippen molar-refractivity contribution in [2.45, 2.75) is 75.6 Å². The minimum atomic E-state index is -1.12. The van der Waals surface area contributed by atoms with Crippen molar-refractivity contribution in [3.05, 3.63) is 272 Å². The highest BCUT2D eigenvalue weighted by Gasteiger charge is 2.27. The molecule has 0 bridgehead atoms. The van der Waals surface area contributed by atoms with Gasteiger partial charge in [-0.1, -0.05) is 107 Å². The van der Waals surface area contributed by atoms with Crippen LogP contribution in [0.25, 0.3) is 23.0 Å². The van der Waals surface area contributed by atoms with E-state index in [-0.39, 0.29) is 46.9 Å². The van der Waals surface area contributed by atoms with E-state index in [1.807, 2.05) is 46.0 Å². The number of aliphatic hydroxyl groups is 1. The SMILES string of the molecule is Nc1cnn(C2Cc3ccccc3C2)c1.O=C(Nc1cnn(C2Cc3ccccc3C2)c1)c1cc(-c2ccco2)on1.O=C(O)c1cc(-c2ccco2)on1.O=[N+]([O-])c1cn[nH]c1.O=[N+]([O-])c1cnn(C2Cc3ccccc3C2)c1.OC1Cc2ccccc2C1. The molecule has 8 heterocycles. The number of aromatic nitrogens is 10. The van der Waals surface area contributed by atoms with E-state index < -0.39 is 15.8 Å². The fraction of sp³-hybridized carbons (Fsp3) is 0.188. The Labute approximate surface area is 511 Å². The molecule has 0 atom stereocenters. The standard InChI is InChI=1S/C20H16N4O3.C12H11N3O2.C12H13N3.C9H10O.C8H5NO4.C3H3N3O2/c25-20(17-10-19(27-23-17)18-6-3-7-26-18)22-15-11-21-24(12-15)16-8-13-4-1-2-5-14(13)9-16;16-15(17)12-7-13-14(8-12)11-5-9-3-1-2-4-10(9)6-11;13-11-7-14-15(8-11)12-5-9-3-1-2-4-10(9)6-12;10-9-5-7-3-1-2-4-8(7)6-9;10-8(11)5-4-7(13-9-5)6-2-1-3-12-6;7-6(8)3-1-4-5-2-3/h1-7,10-12,16H,8-9H2,(H,22,25);1-4,7-8,11H,5-6H2;1-4,7-8,12H,5-6,13H2;1-4,9-10H,5-6H2;1-4H,(H,10,11);1-2H,(H,4,5). The largest absolute Gasteiger partial charge is 0.476 e. The number of benzene rings is 4. The second-order valence-corrected chi connectivity index (χ2v) is 21.3. The maximum absolute atomic E-state index is 12.4. The molecule has 0 saturated heterocycles. The highest BCUT2D eigenvalue weighted by atomic mass is 16.6. The zero-order valence-electron chi connectivity index (χ0n) is 47.9. The first kappa shape index (κ1) is 59.9. The molecule has 0 radical (unpaired) electrons. The monoisotopic (exact) mass is 1210 g/mol. The van der Waals surface area contributed by atoms with E-state index in [4.69, 9.17) is 28.7 Å². The van der Waals surface area contributed by atoms with Crippen LogP contribution < -0.4 is 11.1 Å². The van der Waals surface area contributed by atoms with E-state index in [1.165, 1.54) is 81.7 Å². The Morgan fingerprint density at radius 3 is 1.33 bits per heavy atom. The summed E-state index contributed by atoms with van der Waals surface area (Å²) in [6, 6.07) is 44.1. The van der Waals surface area contributed by atoms with Crippen LogP contribution in [0.2, 0.25) is 0 Å². The van der Waals surface area contributed by atoms with Crippen LogP contribution in [0.5, 0.6) is 0 Å². The molecule has 4 aliphatic rings. The molecule has 456 valence electrons. The molecule has 0 spiro atoms. The Bertz CT molecular complexity index is 4250. The molecule has 0 saturated carbocycles. The molecule has 90 heavy (non-hydrogen) atoms. The summed E-state index contributed by atoms with van der Waals surface area (Å²) in [6.45, 7) is 0. The van der Waals surface area contributed by atoms with Crippen molar-refractivity contribution in [3.8, 4) is 23.0 Å². The van der Waals surface area contributed by atoms with Gasteiger partial charge >= 0.3 is 17.3 Å². The van der Waals surface area contributed by atoms with Gasteiger partial charge < -0.3 is 39.1 Å². The molecule has 12 aromatic rings. The number of rotatable bonds is 10. The van der Waals surface area contributed by atoms with E-state index >= 15 is 0 Å². The average molecular weight is 1220 g/mol. The summed E-state index contributed by atoms with van der Waals surface area (Å²) in [5.74, 6) is 0.217. The van der Waals surface area contributed by atoms with Crippen LogP contribution in [0.4, 0.5) is 22.7 Å². The molecule has 6 N–H and O–H groups in total. The number of anilines is 2. The van der Waals surface area contributed by atoms with Crippen LogP contribution in [0.1, 0.15) is 83.6 Å². The summed E-state index contributed by atoms with van der Waals surface area (Å²) in [4.78, 5) is 42.3. The topological polar surface area (TPSA) is 359 Å². The van der Waals surface area contributed by atoms with E-state index in [0.717, 1.165) is 63.3 Å². The lowest BCUT2D eigenvalue weighted by atomic mass is 10.1. The van der Waals surface area contributed by atoms with E-state index in [9.17, 15) is 34.9 Å². The molecular weight excluding hydrogens is 1160 g/mol. The van der Waals surface area contributed by atoms with Crippen molar-refractivity contribution >= 4 is 34.6 Å². The Balaban J connectivity index is 0.000000116. The molecule has 8 aromatic heterocycles. The van der Waals surface area contributed by atoms with Gasteiger partial charge in [-0.25, -0.2) is 4.79 Å². The second kappa shape index (κ2) is 27.7. The first-order valence-corrected chi connectivity index (χ1v) is 28.4. The molecule has 0 unspecified atom stereocenters. The number of aromatic carboxylic acids is 1. The normalized spacial score (nSPS) is 13.7. The van der Waals surface area contributed by atoms with Crippen LogP contribution in [-0.4, -0.2) is 87.9 Å². The van der Waals surface area contributed by atoms with Crippen molar-refractivity contribution < 1.29 is 47.5 Å². The minimum absolute atomic E-state index is 0.00926. The molecule has 1 amide bonds. The number of H-pyrrole nitrogens is 1. The third-order valence-corrected chi connectivity index (χ3v) is 15.2. The van der Waals surface area contributed by atoms with Crippen LogP contribution in [0, 0.1) is 20.2 Å². The number of fused-ring (bicyclic) bond motifs is 4. The Morgan fingerprint density at radius 2 is 0.956 bits per heavy atom. The number of furan rings is 2. The molecule has 0 fully saturated rings. The number of carboxylic acid groups (broad SMARTS) is 1. The molecule has 16 rings (SSSR count). The number of nitrogen functional groups attached to an aromatic ring is 1. The first-order chi connectivity index (χ1) is 43.8. The van der Waals surface area contributed by atoms with Gasteiger partial charge in [0, 0.05) is 24.5 Å². The lowest BCUT2D eigenvalue weighted by Crippen LogP contribution is -2.12. The van der Waals surface area contributed by atoms with Crippen molar-refractivity contribution in [3.63, 3.8) is 0 Å². The number of nitrogens with zero attached hydrogens (tertiary/aromatic N) is 11. The lowest BCUT2D eigenvalue weighted by molar-refractivity contribution is -0.385. The van der Waals surface area contributed by atoms with Crippen LogP contribution >= 0.6 is 0 Å².